The van der Waals surface area contributed by atoms with Gasteiger partial charge >= 0.3 is 5.97 Å². The van der Waals surface area contributed by atoms with Gasteiger partial charge in [-0.25, -0.2) is 4.79 Å². The fraction of sp³-hybridized carbons (Fsp3) is 0.300. The van der Waals surface area contributed by atoms with Crippen LogP contribution in [0.25, 0.3) is 0 Å². The van der Waals surface area contributed by atoms with Gasteiger partial charge in [0.1, 0.15) is 0 Å². The number of aliphatic hydroxyl groups excluding tert-OH is 1. The van der Waals surface area contributed by atoms with E-state index in [2.05, 4.69) is 0 Å². The Kier molecular flexibility index (Phi) is 4.86. The molecule has 2 atom stereocenters. The number of carbonyl (C=O) groups is 2. The number of ether oxygens (including phenoxy) is 1. The van der Waals surface area contributed by atoms with Gasteiger partial charge in [0.05, 0.1) is 12.2 Å². The van der Waals surface area contributed by atoms with Gasteiger partial charge in [0, 0.05) is 11.7 Å². The van der Waals surface area contributed by atoms with Crippen LogP contribution in [0.3, 0.4) is 0 Å². The summed E-state index contributed by atoms with van der Waals surface area (Å²) in [7, 11) is 0. The summed E-state index contributed by atoms with van der Waals surface area (Å²) >= 11 is 0. The monoisotopic (exact) mass is 339 g/mol. The number of carbonyl (C=O) groups excluding carboxylic acids is 2. The Balaban J connectivity index is 1.71. The van der Waals surface area contributed by atoms with Crippen LogP contribution in [0.2, 0.25) is 0 Å². The average molecular weight is 339 g/mol. The number of fused-ring (bicyclic) bond motifs is 1. The molecule has 1 aliphatic heterocycles. The first kappa shape index (κ1) is 17.2. The van der Waals surface area contributed by atoms with Crippen LogP contribution in [0.5, 0.6) is 0 Å². The van der Waals surface area contributed by atoms with Crippen LogP contribution >= 0.6 is 0 Å². The van der Waals surface area contributed by atoms with E-state index in [0.717, 1.165) is 17.7 Å². The second-order valence-electron chi connectivity index (χ2n) is 6.29. The number of para-hydroxylation sites is 1. The first-order chi connectivity index (χ1) is 12.0. The standard InChI is InChI=1S/C20H21NO4/c1-13-11-17-5-3-4-6-18(17)21(13)19(23)14(2)25-20(24)16-9-7-15(12-22)8-10-16/h3-10,13-14,22H,11-12H2,1-2H3/t13-,14-/m1/s1. The van der Waals surface area contributed by atoms with Crippen LogP contribution in [0.1, 0.15) is 35.3 Å². The number of amides is 1. The molecule has 0 fully saturated rings. The fourth-order valence-corrected chi connectivity index (χ4v) is 3.12. The number of benzene rings is 2. The first-order valence-corrected chi connectivity index (χ1v) is 8.33. The van der Waals surface area contributed by atoms with E-state index in [4.69, 9.17) is 9.84 Å². The second-order valence-corrected chi connectivity index (χ2v) is 6.29. The Labute approximate surface area is 146 Å². The van der Waals surface area contributed by atoms with E-state index >= 15 is 0 Å². The Bertz CT molecular complexity index is 785. The molecule has 0 bridgehead atoms. The summed E-state index contributed by atoms with van der Waals surface area (Å²) in [6.45, 7) is 3.49. The average Bonchev–Trinajstić information content (AvgIpc) is 2.96. The van der Waals surface area contributed by atoms with E-state index in [1.807, 2.05) is 31.2 Å². The van der Waals surface area contributed by atoms with E-state index in [1.165, 1.54) is 0 Å². The van der Waals surface area contributed by atoms with Crippen LogP contribution in [0.4, 0.5) is 5.69 Å². The van der Waals surface area contributed by atoms with Crippen molar-refractivity contribution in [2.45, 2.75) is 39.0 Å². The van der Waals surface area contributed by atoms with Crippen LogP contribution in [0, 0.1) is 0 Å². The molecule has 1 aliphatic rings. The molecule has 5 heteroatoms. The van der Waals surface area contributed by atoms with Gasteiger partial charge in [0.25, 0.3) is 5.91 Å². The number of rotatable bonds is 4. The number of nitrogens with zero attached hydrogens (tertiary/aromatic N) is 1. The van der Waals surface area contributed by atoms with Crippen LogP contribution in [-0.4, -0.2) is 29.1 Å². The predicted octanol–water partition coefficient (Wildman–Crippen LogP) is 2.70. The van der Waals surface area contributed by atoms with Crippen molar-refractivity contribution in [2.24, 2.45) is 0 Å². The number of anilines is 1. The lowest BCUT2D eigenvalue weighted by Gasteiger charge is -2.25. The van der Waals surface area contributed by atoms with Crippen molar-refractivity contribution < 1.29 is 19.4 Å². The van der Waals surface area contributed by atoms with Gasteiger partial charge in [-0.2, -0.15) is 0 Å². The molecule has 2 aromatic carbocycles. The highest BCUT2D eigenvalue weighted by molar-refractivity contribution is 6.00. The van der Waals surface area contributed by atoms with E-state index < -0.39 is 12.1 Å². The maximum atomic E-state index is 12.8. The SMILES string of the molecule is C[C@@H]1Cc2ccccc2N1C(=O)[C@@H](C)OC(=O)c1ccc(CO)cc1. The molecule has 0 saturated carbocycles. The van der Waals surface area contributed by atoms with Crippen molar-refractivity contribution >= 4 is 17.6 Å². The highest BCUT2D eigenvalue weighted by Gasteiger charge is 2.34. The van der Waals surface area contributed by atoms with Gasteiger partial charge in [-0.3, -0.25) is 4.79 Å². The highest BCUT2D eigenvalue weighted by Crippen LogP contribution is 2.32. The number of hydrogen-bond acceptors (Lipinski definition) is 4. The van der Waals surface area contributed by atoms with Crippen LogP contribution in [-0.2, 0) is 22.6 Å². The van der Waals surface area contributed by atoms with Crippen molar-refractivity contribution in [3.8, 4) is 0 Å². The molecule has 1 amide bonds. The molecule has 3 rings (SSSR count). The van der Waals surface area contributed by atoms with Gasteiger partial charge in [-0.05, 0) is 49.6 Å². The zero-order chi connectivity index (χ0) is 18.0. The zero-order valence-electron chi connectivity index (χ0n) is 14.3. The lowest BCUT2D eigenvalue weighted by atomic mass is 10.1. The van der Waals surface area contributed by atoms with Crippen molar-refractivity contribution in [3.05, 3.63) is 65.2 Å². The van der Waals surface area contributed by atoms with E-state index in [1.54, 1.807) is 36.1 Å². The summed E-state index contributed by atoms with van der Waals surface area (Å²) in [4.78, 5) is 26.8. The lowest BCUT2D eigenvalue weighted by molar-refractivity contribution is -0.126. The van der Waals surface area contributed by atoms with E-state index in [9.17, 15) is 9.59 Å². The summed E-state index contributed by atoms with van der Waals surface area (Å²) < 4.78 is 5.35. The molecule has 0 saturated heterocycles. The lowest BCUT2D eigenvalue weighted by Crippen LogP contribution is -2.43. The fourth-order valence-electron chi connectivity index (χ4n) is 3.12. The van der Waals surface area contributed by atoms with Crippen molar-refractivity contribution in [3.63, 3.8) is 0 Å². The molecule has 0 radical (unpaired) electrons. The molecule has 0 unspecified atom stereocenters. The molecule has 25 heavy (non-hydrogen) atoms. The van der Waals surface area contributed by atoms with Gasteiger partial charge in [0.15, 0.2) is 6.10 Å². The largest absolute Gasteiger partial charge is 0.449 e. The molecular formula is C20H21NO4. The predicted molar refractivity (Wildman–Crippen MR) is 94.3 cm³/mol. The maximum Gasteiger partial charge on any atom is 0.338 e. The smallest absolute Gasteiger partial charge is 0.338 e. The third-order valence-corrected chi connectivity index (χ3v) is 4.45. The molecule has 5 nitrogen and oxygen atoms in total. The molecule has 0 spiro atoms. The molecule has 2 aromatic rings. The van der Waals surface area contributed by atoms with Gasteiger partial charge < -0.3 is 14.7 Å². The maximum absolute atomic E-state index is 12.8. The first-order valence-electron chi connectivity index (χ1n) is 8.33. The van der Waals surface area contributed by atoms with Crippen molar-refractivity contribution in [1.82, 2.24) is 0 Å². The van der Waals surface area contributed by atoms with Gasteiger partial charge in [0.2, 0.25) is 0 Å². The van der Waals surface area contributed by atoms with Gasteiger partial charge in [-0.15, -0.1) is 0 Å². The summed E-state index contributed by atoms with van der Waals surface area (Å²) in [6, 6.07) is 14.3. The molecule has 1 N–H and O–H groups in total. The molecule has 0 aliphatic carbocycles. The summed E-state index contributed by atoms with van der Waals surface area (Å²) in [6.07, 6.45) is -0.0794. The van der Waals surface area contributed by atoms with E-state index in [0.29, 0.717) is 11.1 Å². The Morgan fingerprint density at radius 3 is 2.56 bits per heavy atom. The summed E-state index contributed by atoms with van der Waals surface area (Å²) in [5, 5.41) is 9.05. The normalized spacial score (nSPS) is 17.1. The van der Waals surface area contributed by atoms with Gasteiger partial charge in [-0.1, -0.05) is 30.3 Å². The van der Waals surface area contributed by atoms with Crippen molar-refractivity contribution in [2.75, 3.05) is 4.90 Å². The molecule has 130 valence electrons. The Morgan fingerprint density at radius 2 is 1.88 bits per heavy atom. The Hall–Kier alpha value is -2.66. The number of hydrogen-bond donors (Lipinski definition) is 1. The minimum Gasteiger partial charge on any atom is -0.449 e. The molecule has 0 aromatic heterocycles. The molecular weight excluding hydrogens is 318 g/mol. The topological polar surface area (TPSA) is 66.8 Å². The minimum atomic E-state index is -0.876. The van der Waals surface area contributed by atoms with E-state index in [-0.39, 0.29) is 18.6 Å². The quantitative estimate of drug-likeness (QED) is 0.870. The number of aliphatic hydroxyl groups is 1. The number of esters is 1. The molecule has 1 heterocycles. The van der Waals surface area contributed by atoms with Crippen molar-refractivity contribution in [1.29, 1.82) is 0 Å². The zero-order valence-corrected chi connectivity index (χ0v) is 14.3. The van der Waals surface area contributed by atoms with Crippen LogP contribution in [0.15, 0.2) is 48.5 Å². The summed E-state index contributed by atoms with van der Waals surface area (Å²) in [5.41, 5.74) is 3.08. The Morgan fingerprint density at radius 1 is 1.20 bits per heavy atom. The minimum absolute atomic E-state index is 0.0369. The second kappa shape index (κ2) is 7.07. The van der Waals surface area contributed by atoms with Crippen LogP contribution < -0.4 is 4.90 Å². The third kappa shape index (κ3) is 3.42. The summed E-state index contributed by atoms with van der Waals surface area (Å²) in [5.74, 6) is -0.775. The third-order valence-electron chi connectivity index (χ3n) is 4.45. The highest BCUT2D eigenvalue weighted by atomic mass is 16.5.